The Morgan fingerprint density at radius 2 is 1.65 bits per heavy atom. The van der Waals surface area contributed by atoms with Gasteiger partial charge in [-0.25, -0.2) is 9.59 Å². The Morgan fingerprint density at radius 3 is 2.33 bits per heavy atom. The quantitative estimate of drug-likeness (QED) is 0.272. The molecule has 2 fully saturated rings. The zero-order valence-corrected chi connectivity index (χ0v) is 28.6. The van der Waals surface area contributed by atoms with Gasteiger partial charge in [0.1, 0.15) is 11.3 Å². The number of carbonyl (C=O) groups excluding carboxylic acids is 3. The van der Waals surface area contributed by atoms with Crippen LogP contribution < -0.4 is 11.0 Å². The number of carbonyl (C=O) groups is 3. The van der Waals surface area contributed by atoms with Crippen LogP contribution >= 0.6 is 0 Å². The minimum Gasteiger partial charge on any atom is -0.444 e. The van der Waals surface area contributed by atoms with Crippen molar-refractivity contribution in [3.05, 3.63) is 82.4 Å². The molecule has 1 aromatic heterocycles. The Kier molecular flexibility index (Phi) is 11.4. The maximum atomic E-state index is 14.6. The minimum absolute atomic E-state index is 0.0976. The molecule has 0 unspecified atom stereocenters. The van der Waals surface area contributed by atoms with Crippen molar-refractivity contribution in [3.63, 3.8) is 0 Å². The van der Waals surface area contributed by atoms with E-state index in [-0.39, 0.29) is 61.5 Å². The molecule has 1 aliphatic carbocycles. The number of nitrogens with zero attached hydrogens (tertiary/aromatic N) is 3. The first kappa shape index (κ1) is 34.9. The molecule has 0 radical (unpaired) electrons. The van der Waals surface area contributed by atoms with E-state index >= 15 is 0 Å². The van der Waals surface area contributed by atoms with Crippen LogP contribution in [0, 0.1) is 0 Å². The van der Waals surface area contributed by atoms with Gasteiger partial charge in [-0.15, -0.1) is 0 Å². The highest BCUT2D eigenvalue weighted by Crippen LogP contribution is 2.35. The first-order chi connectivity index (χ1) is 23.1. The molecule has 3 aromatic rings. The standard InChI is InChI=1S/C37H49N5O6/c1-5-6-23-47-30-20-14-13-19-29(30)42-32(26-15-9-7-10-16-26)31(39-35(42)45)34(44)41-22-21-40(36(46)48-37(2,3)4)25-28(41)24-38-33(43)27-17-11-8-12-18-27/h7-12,15-18,28-30H,5-6,13-14,19-25H2,1-4H3,(H,38,43)(H,39,45)/t28-,29-,30-/m1/s1. The molecule has 0 bridgehead atoms. The van der Waals surface area contributed by atoms with Gasteiger partial charge >= 0.3 is 11.8 Å². The van der Waals surface area contributed by atoms with E-state index in [9.17, 15) is 19.2 Å². The summed E-state index contributed by atoms with van der Waals surface area (Å²) in [6.07, 6.45) is 4.94. The first-order valence-electron chi connectivity index (χ1n) is 17.2. The van der Waals surface area contributed by atoms with Crippen LogP contribution in [0.2, 0.25) is 0 Å². The molecule has 11 heteroatoms. The van der Waals surface area contributed by atoms with Crippen LogP contribution in [-0.4, -0.2) is 87.8 Å². The van der Waals surface area contributed by atoms with Crippen LogP contribution in [0.4, 0.5) is 4.79 Å². The summed E-state index contributed by atoms with van der Waals surface area (Å²) < 4.78 is 13.7. The Morgan fingerprint density at radius 1 is 0.958 bits per heavy atom. The van der Waals surface area contributed by atoms with Crippen molar-refractivity contribution in [2.75, 3.05) is 32.8 Å². The summed E-state index contributed by atoms with van der Waals surface area (Å²) in [5.41, 5.74) is 0.919. The second-order valence-corrected chi connectivity index (χ2v) is 13.7. The molecule has 1 saturated heterocycles. The van der Waals surface area contributed by atoms with Gasteiger partial charge in [0.05, 0.1) is 23.9 Å². The fourth-order valence-electron chi connectivity index (χ4n) is 6.58. The molecule has 11 nitrogen and oxygen atoms in total. The third-order valence-electron chi connectivity index (χ3n) is 8.95. The molecule has 1 saturated carbocycles. The van der Waals surface area contributed by atoms with E-state index in [4.69, 9.17) is 9.47 Å². The molecule has 1 aliphatic heterocycles. The van der Waals surface area contributed by atoms with Gasteiger partial charge in [-0.2, -0.15) is 0 Å². The van der Waals surface area contributed by atoms with Gasteiger partial charge < -0.3 is 29.6 Å². The number of amides is 3. The second-order valence-electron chi connectivity index (χ2n) is 13.7. The minimum atomic E-state index is -0.689. The monoisotopic (exact) mass is 659 g/mol. The molecule has 258 valence electrons. The molecule has 2 aliphatic rings. The van der Waals surface area contributed by atoms with Crippen molar-refractivity contribution >= 4 is 17.9 Å². The Hall–Kier alpha value is -4.38. The SMILES string of the molecule is CCCCO[C@@H]1CCCC[C@H]1n1c(-c2ccccc2)c(C(=O)N2CCN(C(=O)OC(C)(C)C)C[C@H]2CNC(=O)c2ccccc2)[nH]c1=O. The van der Waals surface area contributed by atoms with Gasteiger partial charge in [-0.1, -0.05) is 74.7 Å². The number of hydrogen-bond donors (Lipinski definition) is 2. The lowest BCUT2D eigenvalue weighted by molar-refractivity contribution is -0.00752. The number of hydrogen-bond acceptors (Lipinski definition) is 6. The van der Waals surface area contributed by atoms with Crippen molar-refractivity contribution in [2.45, 2.75) is 90.0 Å². The summed E-state index contributed by atoms with van der Waals surface area (Å²) in [4.78, 5) is 60.8. The summed E-state index contributed by atoms with van der Waals surface area (Å²) in [7, 11) is 0. The summed E-state index contributed by atoms with van der Waals surface area (Å²) in [5.74, 6) is -0.653. The molecule has 48 heavy (non-hydrogen) atoms. The van der Waals surface area contributed by atoms with E-state index in [1.807, 2.05) is 36.4 Å². The van der Waals surface area contributed by atoms with E-state index in [0.717, 1.165) is 44.1 Å². The molecule has 2 N–H and O–H groups in total. The second kappa shape index (κ2) is 15.7. The predicted molar refractivity (Wildman–Crippen MR) is 184 cm³/mol. The number of H-pyrrole nitrogens is 1. The normalized spacial score (nSPS) is 20.0. The fraction of sp³-hybridized carbons (Fsp3) is 0.514. The predicted octanol–water partition coefficient (Wildman–Crippen LogP) is 5.64. The maximum absolute atomic E-state index is 14.6. The van der Waals surface area contributed by atoms with Crippen LogP contribution in [0.5, 0.6) is 0 Å². The third kappa shape index (κ3) is 8.36. The summed E-state index contributed by atoms with van der Waals surface area (Å²) in [6, 6.07) is 17.5. The first-order valence-corrected chi connectivity index (χ1v) is 17.2. The van der Waals surface area contributed by atoms with Crippen LogP contribution in [0.1, 0.15) is 93.1 Å². The van der Waals surface area contributed by atoms with Crippen LogP contribution in [0.25, 0.3) is 11.3 Å². The highest BCUT2D eigenvalue weighted by Gasteiger charge is 2.39. The Balaban J connectivity index is 1.49. The van der Waals surface area contributed by atoms with E-state index in [0.29, 0.717) is 17.9 Å². The van der Waals surface area contributed by atoms with Crippen LogP contribution in [0.3, 0.4) is 0 Å². The van der Waals surface area contributed by atoms with Crippen molar-refractivity contribution in [1.82, 2.24) is 24.7 Å². The van der Waals surface area contributed by atoms with Crippen LogP contribution in [0.15, 0.2) is 65.5 Å². The average molecular weight is 660 g/mol. The number of rotatable bonds is 10. The number of unbranched alkanes of at least 4 members (excludes halogenated alkanes) is 1. The van der Waals surface area contributed by atoms with Gasteiger partial charge in [-0.3, -0.25) is 14.2 Å². The molecule has 3 atom stereocenters. The number of nitrogens with one attached hydrogen (secondary N) is 2. The highest BCUT2D eigenvalue weighted by molar-refractivity contribution is 5.99. The lowest BCUT2D eigenvalue weighted by atomic mass is 9.91. The van der Waals surface area contributed by atoms with E-state index in [1.54, 1.807) is 59.4 Å². The number of imidazole rings is 1. The molecule has 3 amide bonds. The van der Waals surface area contributed by atoms with E-state index < -0.39 is 17.7 Å². The smallest absolute Gasteiger partial charge is 0.410 e. The van der Waals surface area contributed by atoms with Gasteiger partial charge in [-0.05, 0) is 52.2 Å². The zero-order valence-electron chi connectivity index (χ0n) is 28.6. The summed E-state index contributed by atoms with van der Waals surface area (Å²) in [6.45, 7) is 8.85. The molecule has 2 heterocycles. The lowest BCUT2D eigenvalue weighted by Gasteiger charge is -2.41. The third-order valence-corrected chi connectivity index (χ3v) is 8.95. The number of piperazine rings is 1. The molecular formula is C37H49N5O6. The number of aromatic amines is 1. The topological polar surface area (TPSA) is 126 Å². The van der Waals surface area contributed by atoms with Crippen molar-refractivity contribution in [1.29, 1.82) is 0 Å². The Labute approximate surface area is 282 Å². The van der Waals surface area contributed by atoms with E-state index in [2.05, 4.69) is 17.2 Å². The molecule has 5 rings (SSSR count). The van der Waals surface area contributed by atoms with Crippen molar-refractivity contribution in [2.24, 2.45) is 0 Å². The van der Waals surface area contributed by atoms with Crippen molar-refractivity contribution in [3.8, 4) is 11.3 Å². The van der Waals surface area contributed by atoms with Gasteiger partial charge in [0.2, 0.25) is 0 Å². The van der Waals surface area contributed by atoms with Crippen molar-refractivity contribution < 1.29 is 23.9 Å². The van der Waals surface area contributed by atoms with Gasteiger partial charge in [0, 0.05) is 43.9 Å². The maximum Gasteiger partial charge on any atom is 0.410 e. The highest BCUT2D eigenvalue weighted by atomic mass is 16.6. The number of benzene rings is 2. The van der Waals surface area contributed by atoms with E-state index in [1.165, 1.54) is 0 Å². The lowest BCUT2D eigenvalue weighted by Crippen LogP contribution is -2.60. The average Bonchev–Trinajstić information content (AvgIpc) is 3.43. The molecular weight excluding hydrogens is 610 g/mol. The van der Waals surface area contributed by atoms with Gasteiger partial charge in [0.15, 0.2) is 0 Å². The van der Waals surface area contributed by atoms with Gasteiger partial charge in [0.25, 0.3) is 11.8 Å². The molecule has 0 spiro atoms. The number of ether oxygens (including phenoxy) is 2. The molecule has 2 aromatic carbocycles. The largest absolute Gasteiger partial charge is 0.444 e. The fourth-order valence-corrected chi connectivity index (χ4v) is 6.58. The number of aromatic nitrogens is 2. The zero-order chi connectivity index (χ0) is 34.3. The Bertz CT molecular complexity index is 1600. The van der Waals surface area contributed by atoms with Crippen LogP contribution in [-0.2, 0) is 9.47 Å². The summed E-state index contributed by atoms with van der Waals surface area (Å²) >= 11 is 0. The summed E-state index contributed by atoms with van der Waals surface area (Å²) in [5, 5.41) is 2.95.